The summed E-state index contributed by atoms with van der Waals surface area (Å²) in [6.45, 7) is 1.78. The third-order valence-corrected chi connectivity index (χ3v) is 6.24. The van der Waals surface area contributed by atoms with Crippen molar-refractivity contribution in [3.05, 3.63) is 126 Å². The number of benzene rings is 4. The van der Waals surface area contributed by atoms with Crippen LogP contribution < -0.4 is 10.5 Å². The molecule has 0 fully saturated rings. The molecule has 4 aromatic rings. The van der Waals surface area contributed by atoms with Crippen molar-refractivity contribution in [1.29, 1.82) is 0 Å². The van der Waals surface area contributed by atoms with Gasteiger partial charge in [-0.05, 0) is 46.9 Å². The van der Waals surface area contributed by atoms with E-state index in [0.29, 0.717) is 11.4 Å². The van der Waals surface area contributed by atoms with Crippen LogP contribution in [0.15, 0.2) is 109 Å². The van der Waals surface area contributed by atoms with Gasteiger partial charge >= 0.3 is 5.97 Å². The van der Waals surface area contributed by atoms with Crippen molar-refractivity contribution < 1.29 is 14.6 Å². The highest BCUT2D eigenvalue weighted by Crippen LogP contribution is 2.37. The van der Waals surface area contributed by atoms with Gasteiger partial charge in [0.25, 0.3) is 0 Å². The fraction of sp³-hybridized carbons (Fsp3) is 0.129. The van der Waals surface area contributed by atoms with E-state index < -0.39 is 5.97 Å². The van der Waals surface area contributed by atoms with E-state index in [1.165, 1.54) is 0 Å². The average molecular weight is 479 g/mol. The average Bonchev–Trinajstić information content (AvgIpc) is 2.92. The van der Waals surface area contributed by atoms with Crippen LogP contribution in [-0.2, 0) is 4.79 Å². The van der Waals surface area contributed by atoms with E-state index >= 15 is 0 Å². The first-order valence-corrected chi connectivity index (χ1v) is 11.8. The van der Waals surface area contributed by atoms with Gasteiger partial charge in [0.05, 0.1) is 17.4 Å². The summed E-state index contributed by atoms with van der Waals surface area (Å²) in [5, 5.41) is 8.97. The van der Waals surface area contributed by atoms with Gasteiger partial charge in [0, 0.05) is 7.05 Å². The second kappa shape index (κ2) is 11.3. The van der Waals surface area contributed by atoms with Crippen molar-refractivity contribution in [2.24, 2.45) is 5.73 Å². The van der Waals surface area contributed by atoms with Crippen LogP contribution in [0.5, 0.6) is 5.75 Å². The lowest BCUT2D eigenvalue weighted by Gasteiger charge is -2.32. The van der Waals surface area contributed by atoms with E-state index in [1.54, 1.807) is 6.07 Å². The normalized spacial score (nSPS) is 12.4. The Labute approximate surface area is 212 Å². The minimum atomic E-state index is -1.01. The van der Waals surface area contributed by atoms with Gasteiger partial charge < -0.3 is 20.5 Å². The van der Waals surface area contributed by atoms with Crippen LogP contribution in [0.4, 0.5) is 0 Å². The monoisotopic (exact) mass is 478 g/mol. The van der Waals surface area contributed by atoms with Crippen molar-refractivity contribution in [3.63, 3.8) is 0 Å². The maximum absolute atomic E-state index is 10.9. The molecule has 0 aliphatic heterocycles. The molecule has 0 spiro atoms. The molecule has 0 heterocycles. The Kier molecular flexibility index (Phi) is 7.71. The van der Waals surface area contributed by atoms with Crippen molar-refractivity contribution in [1.82, 2.24) is 4.90 Å². The molecule has 0 saturated carbocycles. The molecule has 0 aliphatic carbocycles. The van der Waals surface area contributed by atoms with Crippen LogP contribution in [-0.4, -0.2) is 29.6 Å². The molecule has 0 radical (unpaired) electrons. The first-order valence-electron chi connectivity index (χ1n) is 11.8. The van der Waals surface area contributed by atoms with Crippen LogP contribution in [0, 0.1) is 0 Å². The molecular weight excluding hydrogens is 448 g/mol. The number of hydrogen-bond acceptors (Lipinski definition) is 4. The van der Waals surface area contributed by atoms with Crippen molar-refractivity contribution >= 4 is 17.4 Å². The van der Waals surface area contributed by atoms with Crippen LogP contribution in [0.1, 0.15) is 29.7 Å². The van der Waals surface area contributed by atoms with Gasteiger partial charge in [-0.2, -0.15) is 0 Å². The Hall–Kier alpha value is -4.51. The van der Waals surface area contributed by atoms with E-state index in [4.69, 9.17) is 15.6 Å². The third-order valence-electron chi connectivity index (χ3n) is 6.24. The van der Waals surface area contributed by atoms with Gasteiger partial charge in [0.15, 0.2) is 6.61 Å². The lowest BCUT2D eigenvalue weighted by atomic mass is 9.93. The largest absolute Gasteiger partial charge is 0.482 e. The predicted octanol–water partition coefficient (Wildman–Crippen LogP) is 6.29. The molecule has 0 aromatic heterocycles. The minimum absolute atomic E-state index is 0.0257. The predicted molar refractivity (Wildman–Crippen MR) is 145 cm³/mol. The maximum atomic E-state index is 10.9. The Balaban J connectivity index is 1.75. The molecule has 3 N–H and O–H groups in total. The summed E-state index contributed by atoms with van der Waals surface area (Å²) in [6, 6.07) is 35.9. The number of carbonyl (C=O) groups is 1. The standard InChI is InChI=1S/C31H30N2O3/c1-22(27-18-9-10-19-28(27)25-16-11-17-26(20-25)36-21-29(34)35)33(2)31(24-14-7-4-8-15-24)30(32)23-12-5-3-6-13-23/h3-20,22H,21,32H2,1-2H3,(H,34,35)/b31-30-. The van der Waals surface area contributed by atoms with Gasteiger partial charge in [-0.15, -0.1) is 0 Å². The van der Waals surface area contributed by atoms with Crippen molar-refractivity contribution in [2.75, 3.05) is 13.7 Å². The first kappa shape index (κ1) is 24.6. The van der Waals surface area contributed by atoms with Gasteiger partial charge in [-0.3, -0.25) is 0 Å². The molecular formula is C31H30N2O3. The summed E-state index contributed by atoms with van der Waals surface area (Å²) in [6.07, 6.45) is 0. The minimum Gasteiger partial charge on any atom is -0.482 e. The van der Waals surface area contributed by atoms with E-state index in [2.05, 4.69) is 43.1 Å². The number of nitrogens with zero attached hydrogens (tertiary/aromatic N) is 1. The molecule has 1 atom stereocenters. The Morgan fingerprint density at radius 3 is 2.14 bits per heavy atom. The summed E-state index contributed by atoms with van der Waals surface area (Å²) in [5.74, 6) is -0.490. The van der Waals surface area contributed by atoms with Gasteiger partial charge in [-0.1, -0.05) is 97.1 Å². The summed E-state index contributed by atoms with van der Waals surface area (Å²) < 4.78 is 5.42. The Morgan fingerprint density at radius 1 is 0.861 bits per heavy atom. The number of hydrogen-bond donors (Lipinski definition) is 2. The zero-order valence-electron chi connectivity index (χ0n) is 20.5. The van der Waals surface area contributed by atoms with Crippen LogP contribution in [0.25, 0.3) is 22.5 Å². The summed E-state index contributed by atoms with van der Waals surface area (Å²) in [7, 11) is 2.06. The number of rotatable bonds is 9. The highest BCUT2D eigenvalue weighted by Gasteiger charge is 2.22. The lowest BCUT2D eigenvalue weighted by Crippen LogP contribution is -2.24. The smallest absolute Gasteiger partial charge is 0.341 e. The summed E-state index contributed by atoms with van der Waals surface area (Å²) in [5.41, 5.74) is 13.6. The number of aliphatic carboxylic acids is 1. The SMILES string of the molecule is CC(c1ccccc1-c1cccc(OCC(=O)O)c1)N(C)/C(=C(\N)c1ccccc1)c1ccccc1. The Morgan fingerprint density at radius 2 is 1.47 bits per heavy atom. The molecule has 5 heteroatoms. The van der Waals surface area contributed by atoms with Crippen molar-refractivity contribution in [2.45, 2.75) is 13.0 Å². The third kappa shape index (κ3) is 5.58. The summed E-state index contributed by atoms with van der Waals surface area (Å²) in [4.78, 5) is 13.1. The molecule has 0 amide bonds. The molecule has 0 aliphatic rings. The van der Waals surface area contributed by atoms with E-state index in [0.717, 1.165) is 33.5 Å². The molecule has 5 nitrogen and oxygen atoms in total. The van der Waals surface area contributed by atoms with E-state index in [-0.39, 0.29) is 12.6 Å². The number of carboxylic acids is 1. The topological polar surface area (TPSA) is 75.8 Å². The summed E-state index contributed by atoms with van der Waals surface area (Å²) >= 11 is 0. The zero-order valence-corrected chi connectivity index (χ0v) is 20.5. The Bertz CT molecular complexity index is 1350. The molecule has 0 bridgehead atoms. The highest BCUT2D eigenvalue weighted by molar-refractivity contribution is 5.88. The molecule has 1 unspecified atom stereocenters. The van der Waals surface area contributed by atoms with Crippen LogP contribution in [0.2, 0.25) is 0 Å². The lowest BCUT2D eigenvalue weighted by molar-refractivity contribution is -0.139. The van der Waals surface area contributed by atoms with Gasteiger partial charge in [0.1, 0.15) is 5.75 Å². The first-order chi connectivity index (χ1) is 17.5. The molecule has 182 valence electrons. The molecule has 36 heavy (non-hydrogen) atoms. The van der Waals surface area contributed by atoms with Crippen LogP contribution >= 0.6 is 0 Å². The van der Waals surface area contributed by atoms with Gasteiger partial charge in [0.2, 0.25) is 0 Å². The number of carboxylic acid groups (broad SMARTS) is 1. The van der Waals surface area contributed by atoms with Gasteiger partial charge in [-0.25, -0.2) is 4.79 Å². The van der Waals surface area contributed by atoms with Crippen LogP contribution in [0.3, 0.4) is 0 Å². The molecule has 0 saturated heterocycles. The fourth-order valence-electron chi connectivity index (χ4n) is 4.32. The van der Waals surface area contributed by atoms with E-state index in [9.17, 15) is 4.79 Å². The molecule has 4 aromatic carbocycles. The number of nitrogens with two attached hydrogens (primary N) is 1. The quantitative estimate of drug-likeness (QED) is 0.276. The number of ether oxygens (including phenoxy) is 1. The fourth-order valence-corrected chi connectivity index (χ4v) is 4.32. The maximum Gasteiger partial charge on any atom is 0.341 e. The second-order valence-corrected chi connectivity index (χ2v) is 8.58. The highest BCUT2D eigenvalue weighted by atomic mass is 16.5. The second-order valence-electron chi connectivity index (χ2n) is 8.58. The zero-order chi connectivity index (χ0) is 25.5. The molecule has 4 rings (SSSR count). The van der Waals surface area contributed by atoms with Crippen molar-refractivity contribution in [3.8, 4) is 16.9 Å². The van der Waals surface area contributed by atoms with E-state index in [1.807, 2.05) is 78.9 Å².